The lowest BCUT2D eigenvalue weighted by Crippen LogP contribution is -2.07. The number of nitrogens with zero attached hydrogens (tertiary/aromatic N) is 1. The summed E-state index contributed by atoms with van der Waals surface area (Å²) in [6, 6.07) is 30.6. The maximum Gasteiger partial charge on any atom is 0.361 e. The Hall–Kier alpha value is -3.39. The molecule has 0 aliphatic rings. The Balaban J connectivity index is 1.90. The molecule has 0 radical (unpaired) electrons. The van der Waals surface area contributed by atoms with Gasteiger partial charge in [-0.05, 0) is 42.0 Å². The maximum absolute atomic E-state index is 8.54. The molecule has 4 aromatic rings. The largest absolute Gasteiger partial charge is 0.378 e. The number of hydrogen-bond acceptors (Lipinski definition) is 1. The number of rotatable bonds is 4. The second-order valence-electron chi connectivity index (χ2n) is 6.66. The van der Waals surface area contributed by atoms with E-state index in [1.807, 2.05) is 110 Å². The lowest BCUT2D eigenvalue weighted by atomic mass is 10.0. The lowest BCUT2D eigenvalue weighted by Gasteiger charge is -2.12. The maximum atomic E-state index is 8.54. The van der Waals surface area contributed by atoms with E-state index in [4.69, 9.17) is 5.79 Å². The van der Waals surface area contributed by atoms with Crippen LogP contribution in [0.25, 0.3) is 33.8 Å². The molecular formula is C25H22NO+. The van der Waals surface area contributed by atoms with Gasteiger partial charge in [0, 0.05) is 25.3 Å². The minimum Gasteiger partial charge on any atom is -0.378 e. The molecule has 0 saturated carbocycles. The van der Waals surface area contributed by atoms with E-state index in [-0.39, 0.29) is 0 Å². The first-order valence-corrected chi connectivity index (χ1v) is 8.99. The van der Waals surface area contributed by atoms with Crippen LogP contribution in [0.5, 0.6) is 0 Å². The van der Waals surface area contributed by atoms with Crippen molar-refractivity contribution in [3.8, 4) is 33.8 Å². The molecule has 3 aromatic carbocycles. The van der Waals surface area contributed by atoms with Crippen molar-refractivity contribution < 1.29 is 5.79 Å². The van der Waals surface area contributed by atoms with Crippen LogP contribution in [0.3, 0.4) is 0 Å². The summed E-state index contributed by atoms with van der Waals surface area (Å²) in [6.07, 6.45) is 0. The van der Waals surface area contributed by atoms with Crippen LogP contribution in [-0.4, -0.2) is 14.1 Å². The molecule has 132 valence electrons. The van der Waals surface area contributed by atoms with E-state index in [1.54, 1.807) is 0 Å². The smallest absolute Gasteiger partial charge is 0.361 e. The van der Waals surface area contributed by atoms with Crippen LogP contribution < -0.4 is 4.90 Å². The Labute approximate surface area is 161 Å². The van der Waals surface area contributed by atoms with Gasteiger partial charge in [0.25, 0.3) is 0 Å². The first-order valence-electron chi connectivity index (χ1n) is 9.49. The van der Waals surface area contributed by atoms with Gasteiger partial charge in [-0.15, -0.1) is 0 Å². The molecule has 0 atom stereocenters. The van der Waals surface area contributed by atoms with Crippen molar-refractivity contribution in [1.82, 2.24) is 0 Å². The fraction of sp³-hybridized carbons (Fsp3) is 0.0800. The summed E-state index contributed by atoms with van der Waals surface area (Å²) in [7, 11) is 3.97. The van der Waals surface area contributed by atoms with Crippen LogP contribution in [0.15, 0.2) is 101 Å². The zero-order valence-corrected chi connectivity index (χ0v) is 15.5. The molecule has 2 nitrogen and oxygen atoms in total. The van der Waals surface area contributed by atoms with Crippen molar-refractivity contribution in [3.05, 3.63) is 97.0 Å². The summed E-state index contributed by atoms with van der Waals surface area (Å²) in [5.41, 5.74) is 4.90. The topological polar surface area (TPSA) is 14.5 Å². The van der Waals surface area contributed by atoms with Crippen molar-refractivity contribution in [1.29, 1.82) is 0 Å². The van der Waals surface area contributed by atoms with Gasteiger partial charge < -0.3 is 4.90 Å². The number of hydrogen-bond donors (Lipinski definition) is 0. The fourth-order valence-electron chi connectivity index (χ4n) is 3.02. The summed E-state index contributed by atoms with van der Waals surface area (Å²) in [5.74, 6) is 1.57. The quantitative estimate of drug-likeness (QED) is 0.382. The Morgan fingerprint density at radius 1 is 0.630 bits per heavy atom. The van der Waals surface area contributed by atoms with Gasteiger partial charge in [-0.25, -0.2) is 4.42 Å². The molecule has 0 unspecified atom stereocenters. The molecule has 2 heteroatoms. The highest BCUT2D eigenvalue weighted by Crippen LogP contribution is 2.33. The van der Waals surface area contributed by atoms with E-state index in [9.17, 15) is 0 Å². The normalized spacial score (nSPS) is 11.1. The van der Waals surface area contributed by atoms with Crippen LogP contribution in [0, 0.1) is 0 Å². The van der Waals surface area contributed by atoms with Crippen LogP contribution in [0.4, 0.5) is 5.69 Å². The van der Waals surface area contributed by atoms with Crippen molar-refractivity contribution in [2.75, 3.05) is 19.0 Å². The fourth-order valence-corrected chi connectivity index (χ4v) is 3.02. The van der Waals surface area contributed by atoms with E-state index in [1.165, 1.54) is 0 Å². The predicted molar refractivity (Wildman–Crippen MR) is 114 cm³/mol. The van der Waals surface area contributed by atoms with E-state index >= 15 is 0 Å². The Morgan fingerprint density at radius 3 is 1.67 bits per heavy atom. The summed E-state index contributed by atoms with van der Waals surface area (Å²) < 4.78 is 14.8. The highest BCUT2D eigenvalue weighted by atomic mass is 16.3. The van der Waals surface area contributed by atoms with E-state index in [0.29, 0.717) is 6.04 Å². The standard InChI is InChI=1S/C25H22NO/c1-26(2)23-15-13-19(14-16-23)22-17-24(20-9-5-3-6-10-20)27-25(18-22)21-11-7-4-8-12-21/h3-18H,1-2H3/q+1/i13D. The van der Waals surface area contributed by atoms with Gasteiger partial charge in [0.05, 0.1) is 24.6 Å². The Kier molecular flexibility index (Phi) is 4.38. The van der Waals surface area contributed by atoms with Gasteiger partial charge in [-0.1, -0.05) is 48.5 Å². The minimum atomic E-state index is 0.496. The number of benzene rings is 3. The summed E-state index contributed by atoms with van der Waals surface area (Å²) >= 11 is 0. The second-order valence-corrected chi connectivity index (χ2v) is 6.66. The van der Waals surface area contributed by atoms with Gasteiger partial charge in [0.2, 0.25) is 0 Å². The van der Waals surface area contributed by atoms with Gasteiger partial charge in [0.1, 0.15) is 0 Å². The molecular weight excluding hydrogens is 330 g/mol. The molecule has 0 spiro atoms. The van der Waals surface area contributed by atoms with Crippen LogP contribution >= 0.6 is 0 Å². The zero-order chi connectivity index (χ0) is 19.5. The van der Waals surface area contributed by atoms with Gasteiger partial charge in [-0.3, -0.25) is 0 Å². The highest BCUT2D eigenvalue weighted by molar-refractivity contribution is 5.75. The summed E-state index contributed by atoms with van der Waals surface area (Å²) in [4.78, 5) is 2.01. The van der Waals surface area contributed by atoms with E-state index < -0.39 is 0 Å². The van der Waals surface area contributed by atoms with Gasteiger partial charge in [-0.2, -0.15) is 0 Å². The summed E-state index contributed by atoms with van der Waals surface area (Å²) in [6.45, 7) is 0. The van der Waals surface area contributed by atoms with Crippen LogP contribution in [0.1, 0.15) is 1.37 Å². The highest BCUT2D eigenvalue weighted by Gasteiger charge is 2.20. The Bertz CT molecular complexity index is 1030. The molecule has 0 aliphatic heterocycles. The SMILES string of the molecule is [2H]c1cc(N(C)C)ccc1-c1cc(-c2ccccc2)[o+]c(-c2ccccc2)c1. The molecule has 0 saturated heterocycles. The Morgan fingerprint density at radius 2 is 1.19 bits per heavy atom. The molecule has 0 amide bonds. The molecule has 0 fully saturated rings. The van der Waals surface area contributed by atoms with Crippen molar-refractivity contribution in [2.45, 2.75) is 0 Å². The zero-order valence-electron chi connectivity index (χ0n) is 16.5. The first-order chi connectivity index (χ1) is 13.6. The minimum absolute atomic E-state index is 0.496. The molecule has 1 heterocycles. The van der Waals surface area contributed by atoms with Crippen LogP contribution in [-0.2, 0) is 0 Å². The van der Waals surface area contributed by atoms with Crippen molar-refractivity contribution in [2.24, 2.45) is 0 Å². The molecule has 1 aromatic heterocycles. The first kappa shape index (κ1) is 15.8. The molecule has 0 bridgehead atoms. The van der Waals surface area contributed by atoms with Crippen molar-refractivity contribution >= 4 is 5.69 Å². The average Bonchev–Trinajstić information content (AvgIpc) is 2.74. The lowest BCUT2D eigenvalue weighted by molar-refractivity contribution is 0.582. The molecule has 0 aliphatic carbocycles. The third-order valence-electron chi connectivity index (χ3n) is 4.53. The summed E-state index contributed by atoms with van der Waals surface area (Å²) in [5, 5.41) is 0. The van der Waals surface area contributed by atoms with E-state index in [0.717, 1.165) is 39.5 Å². The third-order valence-corrected chi connectivity index (χ3v) is 4.53. The van der Waals surface area contributed by atoms with Gasteiger partial charge in [0.15, 0.2) is 0 Å². The van der Waals surface area contributed by atoms with Crippen LogP contribution in [0.2, 0.25) is 0 Å². The average molecular weight is 353 g/mol. The third kappa shape index (κ3) is 3.75. The number of anilines is 1. The monoisotopic (exact) mass is 353 g/mol. The molecule has 0 N–H and O–H groups in total. The van der Waals surface area contributed by atoms with Crippen molar-refractivity contribution in [3.63, 3.8) is 0 Å². The second kappa shape index (κ2) is 7.46. The molecule has 4 rings (SSSR count). The predicted octanol–water partition coefficient (Wildman–Crippen LogP) is 6.63. The molecule has 27 heavy (non-hydrogen) atoms. The van der Waals surface area contributed by atoms with E-state index in [2.05, 4.69) is 0 Å². The van der Waals surface area contributed by atoms with Gasteiger partial charge >= 0.3 is 11.5 Å².